The van der Waals surface area contributed by atoms with Gasteiger partial charge >= 0.3 is 6.03 Å². The largest absolute Gasteiger partial charge is 0.492 e. The van der Waals surface area contributed by atoms with Gasteiger partial charge in [0, 0.05) is 43.7 Å². The molecule has 1 aromatic heterocycles. The predicted molar refractivity (Wildman–Crippen MR) is 175 cm³/mol. The maximum Gasteiger partial charge on any atom is 0.323 e. The first-order valence-electron chi connectivity index (χ1n) is 14.7. The Bertz CT molecular complexity index is 1660. The van der Waals surface area contributed by atoms with Crippen LogP contribution in [0.4, 0.5) is 21.9 Å². The van der Waals surface area contributed by atoms with Crippen LogP contribution in [0.1, 0.15) is 39.0 Å². The van der Waals surface area contributed by atoms with Crippen molar-refractivity contribution >= 4 is 39.8 Å². The van der Waals surface area contributed by atoms with E-state index in [0.29, 0.717) is 17.1 Å². The molecule has 10 nitrogen and oxygen atoms in total. The highest BCUT2D eigenvalue weighted by Crippen LogP contribution is 2.40. The average molecular weight is 597 g/mol. The number of nitrogens with two attached hydrogens (primary N) is 1. The van der Waals surface area contributed by atoms with Gasteiger partial charge < -0.3 is 20.1 Å². The van der Waals surface area contributed by atoms with Gasteiger partial charge in [0.1, 0.15) is 5.69 Å². The molecule has 4 aromatic rings. The number of methoxy groups -OCH3 is 1. The summed E-state index contributed by atoms with van der Waals surface area (Å²) in [5.74, 6) is 6.01. The summed E-state index contributed by atoms with van der Waals surface area (Å²) in [7, 11) is 1.48. The number of hydrogen-bond donors (Lipinski definition) is 3. The van der Waals surface area contributed by atoms with Crippen molar-refractivity contribution in [1.82, 2.24) is 9.88 Å². The second-order valence-electron chi connectivity index (χ2n) is 11.9. The fourth-order valence-electron chi connectivity index (χ4n) is 5.30. The van der Waals surface area contributed by atoms with Crippen molar-refractivity contribution in [3.8, 4) is 16.9 Å². The summed E-state index contributed by atoms with van der Waals surface area (Å²) < 4.78 is 11.1. The van der Waals surface area contributed by atoms with Gasteiger partial charge in [-0.3, -0.25) is 14.7 Å². The number of carbonyl (C=O) groups excluding carboxylic acids is 2. The number of anilines is 3. The van der Waals surface area contributed by atoms with E-state index in [1.54, 1.807) is 6.07 Å². The lowest BCUT2D eigenvalue weighted by Crippen LogP contribution is -2.36. The van der Waals surface area contributed by atoms with E-state index in [1.807, 2.05) is 69.4 Å². The second kappa shape index (κ2) is 13.0. The van der Waals surface area contributed by atoms with Crippen molar-refractivity contribution in [2.24, 2.45) is 5.84 Å². The molecule has 3 aromatic carbocycles. The number of urea groups is 1. The van der Waals surface area contributed by atoms with E-state index in [0.717, 1.165) is 71.0 Å². The van der Waals surface area contributed by atoms with Crippen LogP contribution in [0, 0.1) is 0 Å². The van der Waals surface area contributed by atoms with Crippen molar-refractivity contribution in [2.45, 2.75) is 39.7 Å². The van der Waals surface area contributed by atoms with Gasteiger partial charge in [-0.25, -0.2) is 15.6 Å². The van der Waals surface area contributed by atoms with Crippen LogP contribution < -0.4 is 26.2 Å². The molecule has 2 heterocycles. The third-order valence-electron chi connectivity index (χ3n) is 7.78. The number of benzene rings is 3. The van der Waals surface area contributed by atoms with Crippen LogP contribution in [0.3, 0.4) is 0 Å². The summed E-state index contributed by atoms with van der Waals surface area (Å²) >= 11 is 0. The number of hydrazine groups is 1. The Morgan fingerprint density at radius 2 is 1.70 bits per heavy atom. The van der Waals surface area contributed by atoms with Gasteiger partial charge in [-0.15, -0.1) is 0 Å². The lowest BCUT2D eigenvalue weighted by atomic mass is 9.86. The minimum absolute atomic E-state index is 0.285. The van der Waals surface area contributed by atoms with Crippen LogP contribution in [0.25, 0.3) is 21.9 Å². The Labute approximate surface area is 258 Å². The minimum atomic E-state index is -0.459. The molecule has 0 radical (unpaired) electrons. The van der Waals surface area contributed by atoms with E-state index < -0.39 is 6.03 Å². The number of amides is 3. The summed E-state index contributed by atoms with van der Waals surface area (Å²) in [6.45, 7) is 11.6. The summed E-state index contributed by atoms with van der Waals surface area (Å²) in [4.78, 5) is 32.6. The molecular weight excluding hydrogens is 556 g/mol. The number of rotatable bonds is 7. The quantitative estimate of drug-likeness (QED) is 0.138. The van der Waals surface area contributed by atoms with Crippen molar-refractivity contribution in [3.05, 3.63) is 78.1 Å². The zero-order valence-corrected chi connectivity index (χ0v) is 25.9. The number of nitrogens with zero attached hydrogens (tertiary/aromatic N) is 3. The van der Waals surface area contributed by atoms with Gasteiger partial charge in [0.15, 0.2) is 5.75 Å². The zero-order chi connectivity index (χ0) is 31.4. The van der Waals surface area contributed by atoms with Crippen LogP contribution in [0.2, 0.25) is 0 Å². The number of carbonyl (C=O) groups is 2. The lowest BCUT2D eigenvalue weighted by Gasteiger charge is -2.26. The Kier molecular flexibility index (Phi) is 9.14. The molecule has 1 aliphatic heterocycles. The van der Waals surface area contributed by atoms with E-state index in [2.05, 4.69) is 27.7 Å². The fourth-order valence-corrected chi connectivity index (χ4v) is 5.30. The second-order valence-corrected chi connectivity index (χ2v) is 11.9. The van der Waals surface area contributed by atoms with E-state index in [-0.39, 0.29) is 17.1 Å². The number of morpholine rings is 1. The van der Waals surface area contributed by atoms with Crippen LogP contribution >= 0.6 is 0 Å². The molecule has 3 amide bonds. The highest BCUT2D eigenvalue weighted by molar-refractivity contribution is 6.10. The Balaban J connectivity index is 1.41. The molecule has 44 heavy (non-hydrogen) atoms. The monoisotopic (exact) mass is 596 g/mol. The smallest absolute Gasteiger partial charge is 0.323 e. The maximum absolute atomic E-state index is 13.4. The van der Waals surface area contributed by atoms with E-state index >= 15 is 0 Å². The minimum Gasteiger partial charge on any atom is -0.492 e. The molecule has 230 valence electrons. The third-order valence-corrected chi connectivity index (χ3v) is 7.78. The van der Waals surface area contributed by atoms with Crippen molar-refractivity contribution in [1.29, 1.82) is 0 Å². The molecule has 0 aliphatic carbocycles. The first kappa shape index (κ1) is 30.9. The molecule has 5 rings (SSSR count). The number of ether oxygens (including phenoxy) is 2. The highest BCUT2D eigenvalue weighted by Gasteiger charge is 2.24. The van der Waals surface area contributed by atoms with Crippen LogP contribution in [0.5, 0.6) is 5.75 Å². The normalized spacial score (nSPS) is 13.9. The van der Waals surface area contributed by atoms with E-state index in [9.17, 15) is 9.59 Å². The summed E-state index contributed by atoms with van der Waals surface area (Å²) in [6, 6.07) is 19.2. The van der Waals surface area contributed by atoms with Crippen molar-refractivity contribution < 1.29 is 19.1 Å². The molecule has 10 heteroatoms. The first-order valence-corrected chi connectivity index (χ1v) is 14.7. The highest BCUT2D eigenvalue weighted by atomic mass is 16.5. The first-order chi connectivity index (χ1) is 21.0. The standard InChI is InChI=1S/C34H40N6O4/c1-22(41)40(35)31-19-24(34(2,3)4)18-30(32(31)43-5)38-33(42)37-29-13-12-26(27-8-6-7-9-28(27)29)23-10-11-25(36-20-23)21-39-14-16-44-17-15-39/h6-13,18-20H,14-17,21,35H2,1-5H3,(H2,37,38,42). The van der Waals surface area contributed by atoms with Crippen LogP contribution in [0.15, 0.2) is 66.9 Å². The van der Waals surface area contributed by atoms with Crippen LogP contribution in [-0.2, 0) is 21.5 Å². The van der Waals surface area contributed by atoms with Crippen molar-refractivity contribution in [3.63, 3.8) is 0 Å². The molecule has 1 aliphatic rings. The lowest BCUT2D eigenvalue weighted by molar-refractivity contribution is -0.116. The number of fused-ring (bicyclic) bond motifs is 1. The molecule has 1 saturated heterocycles. The number of pyridine rings is 1. The predicted octanol–water partition coefficient (Wildman–Crippen LogP) is 5.91. The number of aromatic nitrogens is 1. The van der Waals surface area contributed by atoms with Gasteiger partial charge in [-0.05, 0) is 46.2 Å². The molecule has 0 spiro atoms. The van der Waals surface area contributed by atoms with E-state index in [4.69, 9.17) is 20.3 Å². The third kappa shape index (κ3) is 6.83. The molecule has 1 fully saturated rings. The van der Waals surface area contributed by atoms with Crippen molar-refractivity contribution in [2.75, 3.05) is 49.1 Å². The molecular formula is C34H40N6O4. The maximum atomic E-state index is 13.4. The van der Waals surface area contributed by atoms with Crippen LogP contribution in [-0.4, -0.2) is 55.2 Å². The summed E-state index contributed by atoms with van der Waals surface area (Å²) in [5.41, 5.74) is 5.03. The summed E-state index contributed by atoms with van der Waals surface area (Å²) in [5, 5.41) is 8.81. The van der Waals surface area contributed by atoms with Gasteiger partial charge in [0.2, 0.25) is 5.91 Å². The Morgan fingerprint density at radius 3 is 2.34 bits per heavy atom. The van der Waals surface area contributed by atoms with Gasteiger partial charge in [-0.2, -0.15) is 0 Å². The molecule has 0 bridgehead atoms. The SMILES string of the molecule is COc1c(NC(=O)Nc2ccc(-c3ccc(CN4CCOCC4)nc3)c3ccccc23)cc(C(C)(C)C)cc1N(N)C(C)=O. The molecule has 0 atom stereocenters. The molecule has 0 unspecified atom stereocenters. The number of nitrogens with one attached hydrogen (secondary N) is 2. The van der Waals surface area contributed by atoms with Gasteiger partial charge in [-0.1, -0.05) is 57.2 Å². The average Bonchev–Trinajstić information content (AvgIpc) is 3.01. The molecule has 4 N–H and O–H groups in total. The van der Waals surface area contributed by atoms with Gasteiger partial charge in [0.05, 0.1) is 37.4 Å². The topological polar surface area (TPSA) is 122 Å². The van der Waals surface area contributed by atoms with Gasteiger partial charge in [0.25, 0.3) is 0 Å². The Hall–Kier alpha value is -4.51. The number of hydrogen-bond acceptors (Lipinski definition) is 7. The zero-order valence-electron chi connectivity index (χ0n) is 25.9. The molecule has 0 saturated carbocycles. The summed E-state index contributed by atoms with van der Waals surface area (Å²) in [6.07, 6.45) is 1.91. The fraction of sp³-hybridized carbons (Fsp3) is 0.324. The van der Waals surface area contributed by atoms with E-state index in [1.165, 1.54) is 14.0 Å². The Morgan fingerprint density at radius 1 is 1.00 bits per heavy atom.